The lowest BCUT2D eigenvalue weighted by Gasteiger charge is -2.16. The summed E-state index contributed by atoms with van der Waals surface area (Å²) in [5, 5.41) is 5.97. The van der Waals surface area contributed by atoms with Crippen molar-refractivity contribution in [1.82, 2.24) is 10.6 Å². The summed E-state index contributed by atoms with van der Waals surface area (Å²) in [6.45, 7) is -0.717. The van der Waals surface area contributed by atoms with E-state index in [0.29, 0.717) is 12.5 Å². The molecule has 0 amide bonds. The first-order valence-corrected chi connectivity index (χ1v) is 8.24. The van der Waals surface area contributed by atoms with Crippen LogP contribution in [0.5, 0.6) is 11.5 Å². The van der Waals surface area contributed by atoms with Crippen LogP contribution in [0.25, 0.3) is 0 Å². The average Bonchev–Trinajstić information content (AvgIpc) is 2.63. The van der Waals surface area contributed by atoms with Crippen molar-refractivity contribution in [1.29, 1.82) is 0 Å². The van der Waals surface area contributed by atoms with Gasteiger partial charge in [-0.15, -0.1) is 0 Å². The molecule has 5 nitrogen and oxygen atoms in total. The van der Waals surface area contributed by atoms with Crippen LogP contribution >= 0.6 is 0 Å². The topological polar surface area (TPSA) is 54.9 Å². The van der Waals surface area contributed by atoms with E-state index >= 15 is 0 Å². The van der Waals surface area contributed by atoms with Gasteiger partial charge in [-0.2, -0.15) is 8.78 Å². The van der Waals surface area contributed by atoms with Crippen LogP contribution in [-0.2, 0) is 13.1 Å². The number of guanidine groups is 1. The molecule has 0 radical (unpaired) electrons. The molecule has 0 atom stereocenters. The number of aliphatic imine (C=N–C) groups is 1. The summed E-state index contributed by atoms with van der Waals surface area (Å²) in [7, 11) is 3.15. The number of halogens is 3. The Morgan fingerprint density at radius 1 is 1.11 bits per heavy atom. The lowest BCUT2D eigenvalue weighted by atomic mass is 10.1. The summed E-state index contributed by atoms with van der Waals surface area (Å²) in [5.74, 6) is 0.257. The molecule has 0 unspecified atom stereocenters. The van der Waals surface area contributed by atoms with Crippen LogP contribution in [0.4, 0.5) is 13.2 Å². The first-order valence-electron chi connectivity index (χ1n) is 8.24. The van der Waals surface area contributed by atoms with Gasteiger partial charge in [-0.25, -0.2) is 4.39 Å². The molecule has 0 saturated heterocycles. The molecule has 0 aliphatic carbocycles. The molecule has 2 aromatic carbocycles. The molecule has 2 rings (SSSR count). The second-order valence-corrected chi connectivity index (χ2v) is 5.69. The van der Waals surface area contributed by atoms with Gasteiger partial charge in [-0.1, -0.05) is 18.2 Å². The Morgan fingerprint density at radius 2 is 1.85 bits per heavy atom. The molecule has 0 aromatic heterocycles. The Morgan fingerprint density at radius 3 is 2.52 bits per heavy atom. The van der Waals surface area contributed by atoms with Crippen molar-refractivity contribution in [3.63, 3.8) is 0 Å². The summed E-state index contributed by atoms with van der Waals surface area (Å²) in [6.07, 6.45) is 0. The third-order valence-electron chi connectivity index (χ3n) is 3.84. The molecule has 27 heavy (non-hydrogen) atoms. The largest absolute Gasteiger partial charge is 0.496 e. The number of benzene rings is 2. The molecule has 146 valence electrons. The number of methoxy groups -OCH3 is 1. The monoisotopic (exact) mass is 381 g/mol. The maximum atomic E-state index is 14.0. The van der Waals surface area contributed by atoms with Crippen molar-refractivity contribution in [3.05, 3.63) is 58.9 Å². The van der Waals surface area contributed by atoms with Gasteiger partial charge in [0.05, 0.1) is 7.11 Å². The van der Waals surface area contributed by atoms with E-state index in [-0.39, 0.29) is 17.9 Å². The minimum Gasteiger partial charge on any atom is -0.496 e. The third kappa shape index (κ3) is 5.80. The minimum atomic E-state index is -3.03. The van der Waals surface area contributed by atoms with Crippen molar-refractivity contribution >= 4 is 5.96 Å². The number of nitrogens with one attached hydrogen (secondary N) is 2. The normalized spacial score (nSPS) is 11.4. The summed E-state index contributed by atoms with van der Waals surface area (Å²) in [6, 6.07) is 9.60. The fourth-order valence-corrected chi connectivity index (χ4v) is 2.49. The zero-order valence-corrected chi connectivity index (χ0v) is 15.4. The molecule has 0 saturated carbocycles. The summed E-state index contributed by atoms with van der Waals surface area (Å²) in [4.78, 5) is 4.05. The van der Waals surface area contributed by atoms with Crippen LogP contribution in [0.3, 0.4) is 0 Å². The van der Waals surface area contributed by atoms with E-state index < -0.39 is 12.4 Å². The molecule has 0 bridgehead atoms. The van der Waals surface area contributed by atoms with Gasteiger partial charge in [-0.05, 0) is 30.7 Å². The molecule has 0 fully saturated rings. The molecular formula is C19H22F3N3O2. The van der Waals surface area contributed by atoms with Gasteiger partial charge in [0, 0.05) is 31.3 Å². The van der Waals surface area contributed by atoms with E-state index in [1.165, 1.54) is 18.2 Å². The van der Waals surface area contributed by atoms with Crippen LogP contribution < -0.4 is 20.1 Å². The Kier molecular flexibility index (Phi) is 7.34. The van der Waals surface area contributed by atoms with Gasteiger partial charge < -0.3 is 20.1 Å². The number of aryl methyl sites for hydroxylation is 1. The van der Waals surface area contributed by atoms with Gasteiger partial charge in [-0.3, -0.25) is 4.99 Å². The molecule has 2 aromatic rings. The fourth-order valence-electron chi connectivity index (χ4n) is 2.49. The fraction of sp³-hybridized carbons (Fsp3) is 0.316. The predicted molar refractivity (Wildman–Crippen MR) is 97.8 cm³/mol. The molecule has 8 heteroatoms. The highest BCUT2D eigenvalue weighted by Gasteiger charge is 2.14. The predicted octanol–water partition coefficient (Wildman–Crippen LogP) is 3.61. The van der Waals surface area contributed by atoms with Gasteiger partial charge in [0.2, 0.25) is 0 Å². The van der Waals surface area contributed by atoms with Crippen molar-refractivity contribution < 1.29 is 22.6 Å². The van der Waals surface area contributed by atoms with Crippen LogP contribution in [0.2, 0.25) is 0 Å². The zero-order chi connectivity index (χ0) is 19.8. The molecule has 0 aliphatic rings. The molecule has 2 N–H and O–H groups in total. The number of hydrogen-bond donors (Lipinski definition) is 2. The molecule has 0 spiro atoms. The van der Waals surface area contributed by atoms with Crippen molar-refractivity contribution in [2.45, 2.75) is 26.6 Å². The first kappa shape index (κ1) is 20.4. The van der Waals surface area contributed by atoms with Crippen LogP contribution in [0.15, 0.2) is 41.4 Å². The van der Waals surface area contributed by atoms with Crippen LogP contribution in [0, 0.1) is 12.7 Å². The maximum Gasteiger partial charge on any atom is 0.387 e. The quantitative estimate of drug-likeness (QED) is 0.568. The van der Waals surface area contributed by atoms with E-state index in [0.717, 1.165) is 16.9 Å². The maximum absolute atomic E-state index is 14.0. The Balaban J connectivity index is 2.03. The summed E-state index contributed by atoms with van der Waals surface area (Å²) >= 11 is 0. The van der Waals surface area contributed by atoms with E-state index in [9.17, 15) is 13.2 Å². The Bertz CT molecular complexity index is 798. The van der Waals surface area contributed by atoms with Crippen molar-refractivity contribution in [2.75, 3.05) is 14.2 Å². The van der Waals surface area contributed by atoms with Crippen LogP contribution in [-0.4, -0.2) is 26.7 Å². The van der Waals surface area contributed by atoms with Gasteiger partial charge in [0.15, 0.2) is 5.96 Å². The highest BCUT2D eigenvalue weighted by atomic mass is 19.3. The Labute approximate surface area is 156 Å². The standard InChI is InChI=1S/C19H22F3N3O2/c1-12-7-8-13(17(9-12)26-3)10-24-19(23-2)25-11-14-15(20)5-4-6-16(14)27-18(21)22/h4-9,18H,10-11H2,1-3H3,(H2,23,24,25). The van der Waals surface area contributed by atoms with E-state index in [1.54, 1.807) is 14.2 Å². The van der Waals surface area contributed by atoms with Crippen molar-refractivity contribution in [3.8, 4) is 11.5 Å². The summed E-state index contributed by atoms with van der Waals surface area (Å²) < 4.78 is 48.7. The number of alkyl halides is 2. The zero-order valence-electron chi connectivity index (χ0n) is 15.4. The van der Waals surface area contributed by atoms with Crippen LogP contribution in [0.1, 0.15) is 16.7 Å². The van der Waals surface area contributed by atoms with Crippen molar-refractivity contribution in [2.24, 2.45) is 4.99 Å². The Hall–Kier alpha value is -2.90. The number of ether oxygens (including phenoxy) is 2. The molecule has 0 heterocycles. The molecule has 0 aliphatic heterocycles. The minimum absolute atomic E-state index is 0.00586. The van der Waals surface area contributed by atoms with Gasteiger partial charge >= 0.3 is 6.61 Å². The second kappa shape index (κ2) is 9.70. The van der Waals surface area contributed by atoms with E-state index in [1.807, 2.05) is 25.1 Å². The summed E-state index contributed by atoms with van der Waals surface area (Å²) in [5.41, 5.74) is 1.98. The SMILES string of the molecule is CN=C(NCc1ccc(C)cc1OC)NCc1c(F)cccc1OC(F)F. The third-order valence-corrected chi connectivity index (χ3v) is 3.84. The second-order valence-electron chi connectivity index (χ2n) is 5.69. The van der Waals surface area contributed by atoms with E-state index in [2.05, 4.69) is 20.4 Å². The lowest BCUT2D eigenvalue weighted by Crippen LogP contribution is -2.36. The lowest BCUT2D eigenvalue weighted by molar-refractivity contribution is -0.0506. The van der Waals surface area contributed by atoms with Gasteiger partial charge in [0.25, 0.3) is 0 Å². The smallest absolute Gasteiger partial charge is 0.387 e. The highest BCUT2D eigenvalue weighted by Crippen LogP contribution is 2.23. The van der Waals surface area contributed by atoms with E-state index in [4.69, 9.17) is 4.74 Å². The average molecular weight is 381 g/mol. The number of hydrogen-bond acceptors (Lipinski definition) is 3. The first-order chi connectivity index (χ1) is 12.9. The molecular weight excluding hydrogens is 359 g/mol. The highest BCUT2D eigenvalue weighted by molar-refractivity contribution is 5.79. The number of rotatable bonds is 7. The number of nitrogens with zero attached hydrogens (tertiary/aromatic N) is 1. The van der Waals surface area contributed by atoms with Gasteiger partial charge in [0.1, 0.15) is 17.3 Å².